The molecule has 4 aromatic carbocycles. The van der Waals surface area contributed by atoms with Crippen LogP contribution in [0.1, 0.15) is 510 Å². The summed E-state index contributed by atoms with van der Waals surface area (Å²) in [5.74, 6) is 17.2. The Labute approximate surface area is 866 Å². The van der Waals surface area contributed by atoms with Gasteiger partial charge in [0.2, 0.25) is 0 Å². The number of unbranched alkanes of at least 4 members (excludes halogenated alkanes) is 1. The summed E-state index contributed by atoms with van der Waals surface area (Å²) in [7, 11) is 0. The summed E-state index contributed by atoms with van der Waals surface area (Å²) in [5.41, 5.74) is 4.45. The number of rotatable bonds is 14. The van der Waals surface area contributed by atoms with E-state index < -0.39 is 11.6 Å². The molecule has 143 heavy (non-hydrogen) atoms. The third-order valence-corrected chi connectivity index (χ3v) is 40.0. The zero-order chi connectivity index (χ0) is 101. The van der Waals surface area contributed by atoms with Crippen molar-refractivity contribution in [2.45, 2.75) is 555 Å². The number of benzene rings is 4. The maximum Gasteiger partial charge on any atom is 0.126 e. The van der Waals surface area contributed by atoms with Gasteiger partial charge in [-0.2, -0.15) is 0 Å². The zero-order valence-corrected chi connectivity index (χ0v) is 89.9. The second kappa shape index (κ2) is 64.2. The van der Waals surface area contributed by atoms with Crippen molar-refractivity contribution < 1.29 is 73.7 Å². The standard InChI is InChI=1S/C16H30O.C14H26O.C13H22O.C13H24O.C12H14F2O.2C12H15FO.C12H22O2.C12H22O.C12H16O/c1-2-3-4-13-5-7-14(8-6-13)15-9-11-16(17)12-10-15;1-2-11-3-5-12(6-4-11)13-7-9-14(15)10-8-13;14-12-5-3-10(4-6-12)13-8-9-1-2-11(13)7-9;1-10-2-4-11(5-3-10)12-6-8-13(14)9-7-12;13-10-5-9(6-11(14)7-10)8-1-3-12(15)4-2-8;13-11-5-1-9(2-6-11)10-3-7-12(14)8-4-10;13-11-3-1-2-10(8-11)9-4-6-12(14)7-5-9;13-11-5-1-9(2-6-11)10-3-7-12(14)8-4-10;2*13-12-8-6-11(7-9-12)10-4-2-1-3-5-10/h13-17H,2-12H2,1H3;11-15H,2-10H2,1H3;9-14H,1-8H2;10-14H,2-9H2,1H3;5-8,12,15H,1-4H2;1-2,5-6,10,12,14H,3-4,7-8H2;1-3,8-9,12,14H,4-7H2;9-14H,1-8H2;10-13H,1-9H2;1-5,11-13H,6-9H2. The van der Waals surface area contributed by atoms with E-state index in [1.807, 2.05) is 18.2 Å². The Hall–Kier alpha value is -3.84. The smallest absolute Gasteiger partial charge is 0.126 e. The highest BCUT2D eigenvalue weighted by Crippen LogP contribution is 2.55. The van der Waals surface area contributed by atoms with Crippen LogP contribution < -0.4 is 0 Å². The first kappa shape index (κ1) is 118. The molecule has 15 heteroatoms. The monoisotopic (exact) mass is 2000 g/mol. The molecule has 3 unspecified atom stereocenters. The maximum atomic E-state index is 13.0. The van der Waals surface area contributed by atoms with E-state index in [2.05, 4.69) is 51.1 Å². The highest BCUT2D eigenvalue weighted by Gasteiger charge is 2.44. The Bertz CT molecular complexity index is 3790. The molecule has 812 valence electrons. The minimum atomic E-state index is -0.517. The Morgan fingerprint density at radius 3 is 0.818 bits per heavy atom. The van der Waals surface area contributed by atoms with Gasteiger partial charge in [0.05, 0.1) is 67.1 Å². The quantitative estimate of drug-likeness (QED) is 0.0533. The van der Waals surface area contributed by atoms with E-state index in [0.717, 1.165) is 310 Å². The molecule has 17 fully saturated rings. The zero-order valence-electron chi connectivity index (χ0n) is 89.9. The fourth-order valence-electron chi connectivity index (χ4n) is 30.4. The van der Waals surface area contributed by atoms with Gasteiger partial charge in [0.15, 0.2) is 0 Å². The molecule has 21 rings (SSSR count). The summed E-state index contributed by atoms with van der Waals surface area (Å²) in [4.78, 5) is 0. The number of aliphatic hydroxyl groups excluding tert-OH is 11. The molecule has 17 aliphatic rings. The average molecular weight is 2000 g/mol. The minimum Gasteiger partial charge on any atom is -0.393 e. The molecule has 0 amide bonds. The van der Waals surface area contributed by atoms with Gasteiger partial charge >= 0.3 is 0 Å². The van der Waals surface area contributed by atoms with E-state index in [9.17, 15) is 73.7 Å². The van der Waals surface area contributed by atoms with Gasteiger partial charge < -0.3 is 56.2 Å². The molecule has 2 bridgehead atoms. The molecule has 0 saturated heterocycles. The number of halogens is 4. The van der Waals surface area contributed by atoms with Crippen LogP contribution in [0.25, 0.3) is 0 Å². The second-order valence-electron chi connectivity index (χ2n) is 50.1. The van der Waals surface area contributed by atoms with Gasteiger partial charge in [0.1, 0.15) is 23.3 Å². The topological polar surface area (TPSA) is 223 Å². The van der Waals surface area contributed by atoms with E-state index in [-0.39, 0.29) is 84.7 Å². The van der Waals surface area contributed by atoms with Crippen LogP contribution in [-0.4, -0.2) is 123 Å². The molecule has 0 radical (unpaired) electrons. The van der Waals surface area contributed by atoms with Crippen LogP contribution in [0.15, 0.2) is 97.1 Å². The van der Waals surface area contributed by atoms with Crippen molar-refractivity contribution in [3.63, 3.8) is 0 Å². The Morgan fingerprint density at radius 1 is 0.217 bits per heavy atom. The van der Waals surface area contributed by atoms with Crippen LogP contribution in [0, 0.1) is 124 Å². The fraction of sp³-hybridized carbons (Fsp3) is 0.812. The van der Waals surface area contributed by atoms with E-state index >= 15 is 0 Å². The van der Waals surface area contributed by atoms with Gasteiger partial charge in [-0.05, 0) is 523 Å². The molecule has 17 aliphatic carbocycles. The number of hydrogen-bond acceptors (Lipinski definition) is 11. The predicted octanol–water partition coefficient (Wildman–Crippen LogP) is 31.2. The predicted molar refractivity (Wildman–Crippen MR) is 578 cm³/mol. The van der Waals surface area contributed by atoms with E-state index in [0.29, 0.717) is 17.8 Å². The summed E-state index contributed by atoms with van der Waals surface area (Å²) < 4.78 is 51.6. The number of fused-ring (bicyclic) bond motifs is 2. The molecule has 0 aliphatic heterocycles. The highest BCUT2D eigenvalue weighted by atomic mass is 19.1. The normalized spacial score (nSPS) is 37.3. The Morgan fingerprint density at radius 2 is 0.497 bits per heavy atom. The van der Waals surface area contributed by atoms with Gasteiger partial charge in [0, 0.05) is 6.07 Å². The van der Waals surface area contributed by atoms with Gasteiger partial charge in [-0.15, -0.1) is 0 Å². The minimum absolute atomic E-state index is 0.0205. The van der Waals surface area contributed by atoms with Crippen LogP contribution >= 0.6 is 0 Å². The number of aliphatic hydroxyl groups is 11. The number of hydrogen-bond donors (Lipinski definition) is 11. The lowest BCUT2D eigenvalue weighted by molar-refractivity contribution is 0.0543. The molecule has 11 N–H and O–H groups in total. The molecule has 3 atom stereocenters. The Balaban J connectivity index is 0.000000142. The first-order valence-corrected chi connectivity index (χ1v) is 60.8. The van der Waals surface area contributed by atoms with E-state index in [4.69, 9.17) is 0 Å². The molecular formula is C128H206F4O11. The van der Waals surface area contributed by atoms with Crippen LogP contribution in [0.4, 0.5) is 17.6 Å². The van der Waals surface area contributed by atoms with Crippen molar-refractivity contribution in [2.24, 2.45) is 101 Å². The van der Waals surface area contributed by atoms with E-state index in [1.165, 1.54) is 285 Å². The van der Waals surface area contributed by atoms with Crippen molar-refractivity contribution in [1.82, 2.24) is 0 Å². The van der Waals surface area contributed by atoms with Crippen molar-refractivity contribution >= 4 is 0 Å². The van der Waals surface area contributed by atoms with Gasteiger partial charge in [-0.1, -0.05) is 178 Å². The average Bonchev–Trinajstić information content (AvgIpc) is 1.65. The molecule has 11 nitrogen and oxygen atoms in total. The SMILES string of the molecule is CC1CCC(C2CCC(O)CC2)CC1.CCC1CCC(C2CCC(O)CC2)CC1.CCCCC1CCC(C2CCC(O)CC2)CC1.OC1CCC(C2CC3CCC2C3)CC1.OC1CCC(C2CCC(O)CC2)CC1.OC1CCC(C2CCCCC2)CC1.OC1CCC(c2cc(F)cc(F)c2)CC1.OC1CCC(c2ccc(F)cc2)CC1.OC1CCC(c2cccc(F)c2)CC1.OC1CCC(c2ccccc2)CC1. The van der Waals surface area contributed by atoms with Crippen LogP contribution in [-0.2, 0) is 0 Å². The molecule has 4 aromatic rings. The van der Waals surface area contributed by atoms with Crippen molar-refractivity contribution in [3.05, 3.63) is 143 Å². The van der Waals surface area contributed by atoms with Crippen LogP contribution in [0.5, 0.6) is 0 Å². The van der Waals surface area contributed by atoms with Crippen molar-refractivity contribution in [3.8, 4) is 0 Å². The van der Waals surface area contributed by atoms with Crippen LogP contribution in [0.3, 0.4) is 0 Å². The summed E-state index contributed by atoms with van der Waals surface area (Å²) in [6.07, 6.45) is 83.6. The highest BCUT2D eigenvalue weighted by molar-refractivity contribution is 5.25. The summed E-state index contributed by atoms with van der Waals surface area (Å²) >= 11 is 0. The second-order valence-corrected chi connectivity index (χ2v) is 50.1. The summed E-state index contributed by atoms with van der Waals surface area (Å²) in [6.45, 7) is 7.03. The lowest BCUT2D eigenvalue weighted by atomic mass is 9.70. The summed E-state index contributed by atoms with van der Waals surface area (Å²) in [5, 5.41) is 104. The van der Waals surface area contributed by atoms with Crippen LogP contribution in [0.2, 0.25) is 0 Å². The maximum absolute atomic E-state index is 13.0. The third kappa shape index (κ3) is 41.9. The largest absolute Gasteiger partial charge is 0.393 e. The van der Waals surface area contributed by atoms with Crippen molar-refractivity contribution in [1.29, 1.82) is 0 Å². The molecule has 0 heterocycles. The molecule has 17 saturated carbocycles. The molecule has 0 spiro atoms. The van der Waals surface area contributed by atoms with E-state index in [1.54, 1.807) is 18.6 Å². The summed E-state index contributed by atoms with van der Waals surface area (Å²) in [6, 6.07) is 27.9. The third-order valence-electron chi connectivity index (χ3n) is 40.0. The van der Waals surface area contributed by atoms with Gasteiger partial charge in [-0.25, -0.2) is 17.6 Å². The van der Waals surface area contributed by atoms with Gasteiger partial charge in [-0.3, -0.25) is 0 Å². The first-order valence-electron chi connectivity index (χ1n) is 60.8. The lowest BCUT2D eigenvalue weighted by Crippen LogP contribution is -2.28. The molecular weight excluding hydrogens is 1790 g/mol. The lowest BCUT2D eigenvalue weighted by Gasteiger charge is -2.37. The Kier molecular flexibility index (Phi) is 52.9. The van der Waals surface area contributed by atoms with Gasteiger partial charge in [0.25, 0.3) is 0 Å². The van der Waals surface area contributed by atoms with Crippen molar-refractivity contribution in [2.75, 3.05) is 0 Å². The first-order chi connectivity index (χ1) is 69.3. The molecule has 0 aromatic heterocycles. The fourth-order valence-corrected chi connectivity index (χ4v) is 30.4.